The third kappa shape index (κ3) is 3.80. The van der Waals surface area contributed by atoms with Crippen molar-refractivity contribution in [1.82, 2.24) is 4.98 Å². The van der Waals surface area contributed by atoms with E-state index in [0.29, 0.717) is 22.3 Å². The Balaban J connectivity index is 2.06. The molecule has 1 aromatic carbocycles. The summed E-state index contributed by atoms with van der Waals surface area (Å²) in [5.41, 5.74) is 1.87. The number of nitrogens with zero attached hydrogens (tertiary/aromatic N) is 1. The lowest BCUT2D eigenvalue weighted by molar-refractivity contribution is -0.170. The van der Waals surface area contributed by atoms with Gasteiger partial charge in [-0.1, -0.05) is 12.1 Å². The van der Waals surface area contributed by atoms with Gasteiger partial charge < -0.3 is 0 Å². The summed E-state index contributed by atoms with van der Waals surface area (Å²) in [4.78, 5) is 3.62. The lowest BCUT2D eigenvalue weighted by atomic mass is 9.98. The van der Waals surface area contributed by atoms with E-state index in [0.717, 1.165) is 12.3 Å². The Morgan fingerprint density at radius 3 is 1.96 bits per heavy atom. The zero-order chi connectivity index (χ0) is 19.1. The van der Waals surface area contributed by atoms with Crippen molar-refractivity contribution in [3.63, 3.8) is 0 Å². The summed E-state index contributed by atoms with van der Waals surface area (Å²) in [7, 11) is -3.40. The molecule has 1 aliphatic carbocycles. The van der Waals surface area contributed by atoms with Crippen LogP contribution in [-0.2, 0) is 9.84 Å². The van der Waals surface area contributed by atoms with Crippen LogP contribution in [-0.4, -0.2) is 25.8 Å². The topological polar surface area (TPSA) is 47.0 Å². The van der Waals surface area contributed by atoms with E-state index in [4.69, 9.17) is 0 Å². The molecule has 138 valence electrons. The Kier molecular flexibility index (Phi) is 4.64. The van der Waals surface area contributed by atoms with E-state index >= 15 is 0 Å². The molecule has 0 saturated heterocycles. The van der Waals surface area contributed by atoms with Gasteiger partial charge >= 0.3 is 6.18 Å². The fourth-order valence-corrected chi connectivity index (χ4v) is 3.72. The third-order valence-corrected chi connectivity index (χ3v) is 5.56. The molecule has 0 aliphatic heterocycles. The lowest BCUT2D eigenvalue weighted by Gasteiger charge is -2.14. The Bertz CT molecular complexity index is 946. The average molecular weight is 385 g/mol. The molecule has 1 heterocycles. The molecule has 1 unspecified atom stereocenters. The van der Waals surface area contributed by atoms with Crippen molar-refractivity contribution in [3.8, 4) is 0 Å². The molecule has 0 saturated carbocycles. The molecule has 0 bridgehead atoms. The van der Waals surface area contributed by atoms with Gasteiger partial charge in [-0.25, -0.2) is 13.4 Å². The van der Waals surface area contributed by atoms with Crippen molar-refractivity contribution < 1.29 is 26.0 Å². The van der Waals surface area contributed by atoms with Crippen LogP contribution in [0, 0.1) is 11.9 Å². The standard InChI is InChI=1S/C18H15F4NO2S/c1-26(24,25)14-5-2-11(3-6-14)15-8-13(18(20,21)22)9-16(15)12-4-7-17(19)23-10-12/h2-7,10,13H,8-9H2,1H3. The Labute approximate surface area is 148 Å². The maximum atomic E-state index is 13.2. The number of sulfone groups is 1. The van der Waals surface area contributed by atoms with E-state index in [9.17, 15) is 26.0 Å². The molecule has 0 amide bonds. The number of rotatable bonds is 3. The first-order valence-electron chi connectivity index (χ1n) is 7.77. The van der Waals surface area contributed by atoms with E-state index in [1.165, 1.54) is 36.5 Å². The molecule has 0 spiro atoms. The van der Waals surface area contributed by atoms with Gasteiger partial charge in [0.2, 0.25) is 5.95 Å². The highest BCUT2D eigenvalue weighted by Crippen LogP contribution is 2.48. The number of benzene rings is 1. The van der Waals surface area contributed by atoms with Crippen LogP contribution in [0.15, 0.2) is 47.5 Å². The van der Waals surface area contributed by atoms with Crippen molar-refractivity contribution in [2.45, 2.75) is 23.9 Å². The molecule has 3 rings (SSSR count). The highest BCUT2D eigenvalue weighted by molar-refractivity contribution is 7.90. The second-order valence-electron chi connectivity index (χ2n) is 6.27. The first-order valence-corrected chi connectivity index (χ1v) is 9.66. The van der Waals surface area contributed by atoms with Gasteiger partial charge in [0.1, 0.15) is 0 Å². The SMILES string of the molecule is CS(=O)(=O)c1ccc(C2=C(c3ccc(F)nc3)CC(C(F)(F)F)C2)cc1. The van der Waals surface area contributed by atoms with Crippen LogP contribution in [0.1, 0.15) is 24.0 Å². The highest BCUT2D eigenvalue weighted by Gasteiger charge is 2.44. The molecule has 26 heavy (non-hydrogen) atoms. The molecule has 0 N–H and O–H groups in total. The Morgan fingerprint density at radius 2 is 1.50 bits per heavy atom. The smallest absolute Gasteiger partial charge is 0.228 e. The number of pyridine rings is 1. The molecule has 3 nitrogen and oxygen atoms in total. The van der Waals surface area contributed by atoms with Crippen molar-refractivity contribution in [2.75, 3.05) is 6.26 Å². The van der Waals surface area contributed by atoms with Crippen LogP contribution >= 0.6 is 0 Å². The van der Waals surface area contributed by atoms with Crippen molar-refractivity contribution in [3.05, 3.63) is 59.7 Å². The number of aromatic nitrogens is 1. The second kappa shape index (κ2) is 6.50. The van der Waals surface area contributed by atoms with Crippen LogP contribution in [0.4, 0.5) is 17.6 Å². The second-order valence-corrected chi connectivity index (χ2v) is 8.29. The predicted molar refractivity (Wildman–Crippen MR) is 89.3 cm³/mol. The van der Waals surface area contributed by atoms with Gasteiger partial charge in [-0.2, -0.15) is 17.6 Å². The molecular weight excluding hydrogens is 370 g/mol. The number of alkyl halides is 3. The quantitative estimate of drug-likeness (QED) is 0.577. The molecule has 1 atom stereocenters. The zero-order valence-corrected chi connectivity index (χ0v) is 14.5. The minimum Gasteiger partial charge on any atom is -0.228 e. The Hall–Kier alpha value is -2.22. The minimum absolute atomic E-state index is 0.0946. The summed E-state index contributed by atoms with van der Waals surface area (Å²) in [5, 5.41) is 0. The maximum Gasteiger partial charge on any atom is 0.392 e. The molecule has 0 radical (unpaired) electrons. The van der Waals surface area contributed by atoms with Gasteiger partial charge in [0.15, 0.2) is 9.84 Å². The number of allylic oxidation sites excluding steroid dienone is 2. The molecule has 8 heteroatoms. The molecule has 0 fully saturated rings. The van der Waals surface area contributed by atoms with E-state index in [-0.39, 0.29) is 17.7 Å². The van der Waals surface area contributed by atoms with Crippen LogP contribution < -0.4 is 0 Å². The van der Waals surface area contributed by atoms with Crippen LogP contribution in [0.25, 0.3) is 11.1 Å². The van der Waals surface area contributed by atoms with E-state index in [2.05, 4.69) is 4.98 Å². The minimum atomic E-state index is -4.35. The molecular formula is C18H15F4NO2S. The van der Waals surface area contributed by atoms with E-state index < -0.39 is 27.9 Å². The van der Waals surface area contributed by atoms with Gasteiger partial charge in [-0.3, -0.25) is 0 Å². The summed E-state index contributed by atoms with van der Waals surface area (Å²) in [5.74, 6) is -2.24. The highest BCUT2D eigenvalue weighted by atomic mass is 32.2. The van der Waals surface area contributed by atoms with Crippen molar-refractivity contribution in [1.29, 1.82) is 0 Å². The normalized spacial score (nSPS) is 18.4. The van der Waals surface area contributed by atoms with Crippen molar-refractivity contribution >= 4 is 21.0 Å². The van der Waals surface area contributed by atoms with Gasteiger partial charge in [-0.05, 0) is 59.4 Å². The van der Waals surface area contributed by atoms with Crippen molar-refractivity contribution in [2.24, 2.45) is 5.92 Å². The zero-order valence-electron chi connectivity index (χ0n) is 13.7. The Morgan fingerprint density at radius 1 is 0.962 bits per heavy atom. The first-order chi connectivity index (χ1) is 12.1. The summed E-state index contributed by atoms with van der Waals surface area (Å²) in [6, 6.07) is 8.26. The predicted octanol–water partition coefficient (Wildman–Crippen LogP) is 4.51. The van der Waals surface area contributed by atoms with Crippen LogP contribution in [0.2, 0.25) is 0 Å². The fraction of sp³-hybridized carbons (Fsp3) is 0.278. The van der Waals surface area contributed by atoms with Crippen LogP contribution in [0.3, 0.4) is 0 Å². The third-order valence-electron chi connectivity index (χ3n) is 4.44. The largest absolute Gasteiger partial charge is 0.392 e. The number of hydrogen-bond donors (Lipinski definition) is 0. The van der Waals surface area contributed by atoms with E-state index in [1.54, 1.807) is 0 Å². The molecule has 2 aromatic rings. The van der Waals surface area contributed by atoms with Gasteiger partial charge in [-0.15, -0.1) is 0 Å². The number of hydrogen-bond acceptors (Lipinski definition) is 3. The van der Waals surface area contributed by atoms with Gasteiger partial charge in [0.25, 0.3) is 0 Å². The fourth-order valence-electron chi connectivity index (χ4n) is 3.08. The average Bonchev–Trinajstić information content (AvgIpc) is 3.00. The summed E-state index contributed by atoms with van der Waals surface area (Å²) in [6.45, 7) is 0. The maximum absolute atomic E-state index is 13.2. The van der Waals surface area contributed by atoms with Gasteiger partial charge in [0.05, 0.1) is 10.8 Å². The lowest BCUT2D eigenvalue weighted by Crippen LogP contribution is -2.20. The summed E-state index contributed by atoms with van der Waals surface area (Å²) >= 11 is 0. The monoisotopic (exact) mass is 385 g/mol. The van der Waals surface area contributed by atoms with Crippen LogP contribution in [0.5, 0.6) is 0 Å². The summed E-state index contributed by atoms with van der Waals surface area (Å²) < 4.78 is 75.9. The number of halogens is 4. The molecule has 1 aliphatic rings. The first kappa shape index (κ1) is 18.6. The molecule has 1 aromatic heterocycles. The van der Waals surface area contributed by atoms with Gasteiger partial charge in [0, 0.05) is 12.5 Å². The summed E-state index contributed by atoms with van der Waals surface area (Å²) in [6.07, 6.45) is -2.51. The van der Waals surface area contributed by atoms with E-state index in [1.807, 2.05) is 0 Å².